The highest BCUT2D eigenvalue weighted by molar-refractivity contribution is 6.20. The van der Waals surface area contributed by atoms with E-state index in [0.717, 1.165) is 51.6 Å². The molecule has 4 rings (SSSR count). The number of amides is 2. The van der Waals surface area contributed by atoms with E-state index >= 15 is 0 Å². The van der Waals surface area contributed by atoms with Gasteiger partial charge >= 0.3 is 5.97 Å². The Labute approximate surface area is 146 Å². The van der Waals surface area contributed by atoms with Gasteiger partial charge in [-0.25, -0.2) is 4.79 Å². The molecule has 0 radical (unpaired) electrons. The van der Waals surface area contributed by atoms with Crippen molar-refractivity contribution in [3.05, 3.63) is 35.4 Å². The van der Waals surface area contributed by atoms with E-state index in [1.54, 1.807) is 24.3 Å². The predicted octanol–water partition coefficient (Wildman–Crippen LogP) is 2.40. The second-order valence-corrected chi connectivity index (χ2v) is 7.30. The molecule has 1 saturated heterocycles. The van der Waals surface area contributed by atoms with E-state index in [0.29, 0.717) is 22.7 Å². The molecule has 2 fully saturated rings. The van der Waals surface area contributed by atoms with Gasteiger partial charge in [-0.1, -0.05) is 30.0 Å². The van der Waals surface area contributed by atoms with Crippen LogP contribution in [0.15, 0.2) is 24.3 Å². The summed E-state index contributed by atoms with van der Waals surface area (Å²) in [7, 11) is 0. The molecular formula is C19H22N2O4. The van der Waals surface area contributed by atoms with Gasteiger partial charge in [0.25, 0.3) is 11.8 Å². The lowest BCUT2D eigenvalue weighted by Crippen LogP contribution is -2.45. The van der Waals surface area contributed by atoms with Crippen molar-refractivity contribution in [2.24, 2.45) is 5.41 Å². The van der Waals surface area contributed by atoms with Crippen LogP contribution in [-0.4, -0.2) is 47.4 Å². The van der Waals surface area contributed by atoms with Crippen molar-refractivity contribution in [1.29, 1.82) is 0 Å². The van der Waals surface area contributed by atoms with Gasteiger partial charge in [-0.05, 0) is 50.9 Å². The average molecular weight is 342 g/mol. The summed E-state index contributed by atoms with van der Waals surface area (Å²) in [6, 6.07) is 6.56. The standard InChI is InChI=1S/C19H22N2O4/c22-16-14-7-1-2-8-15(14)17(23)21(16)25-18(24)19(9-3-4-10-19)13-20-11-5-6-12-20/h1-2,7-8H,3-6,9-13H2. The second-order valence-electron chi connectivity index (χ2n) is 7.30. The Balaban J connectivity index is 1.52. The molecule has 1 aromatic rings. The molecule has 132 valence electrons. The smallest absolute Gasteiger partial charge is 0.329 e. The zero-order chi connectivity index (χ0) is 17.4. The molecule has 6 nitrogen and oxygen atoms in total. The highest BCUT2D eigenvalue weighted by atomic mass is 16.7. The number of hydrogen-bond acceptors (Lipinski definition) is 5. The second kappa shape index (κ2) is 6.26. The van der Waals surface area contributed by atoms with Crippen LogP contribution in [0.1, 0.15) is 59.2 Å². The maximum atomic E-state index is 13.0. The van der Waals surface area contributed by atoms with E-state index in [2.05, 4.69) is 4.90 Å². The summed E-state index contributed by atoms with van der Waals surface area (Å²) in [5, 5.41) is 0.650. The molecule has 2 heterocycles. The molecule has 25 heavy (non-hydrogen) atoms. The number of hydroxylamine groups is 2. The lowest BCUT2D eigenvalue weighted by Gasteiger charge is -2.31. The van der Waals surface area contributed by atoms with Gasteiger partial charge in [-0.15, -0.1) is 0 Å². The number of fused-ring (bicyclic) bond motifs is 1. The summed E-state index contributed by atoms with van der Waals surface area (Å²) in [6.07, 6.45) is 5.78. The van der Waals surface area contributed by atoms with Crippen molar-refractivity contribution in [3.63, 3.8) is 0 Å². The Kier molecular flexibility index (Phi) is 4.07. The van der Waals surface area contributed by atoms with Crippen LogP contribution in [0.2, 0.25) is 0 Å². The Morgan fingerprint density at radius 1 is 0.960 bits per heavy atom. The third-order valence-electron chi connectivity index (χ3n) is 5.65. The lowest BCUT2D eigenvalue weighted by atomic mass is 9.85. The molecule has 0 bridgehead atoms. The fraction of sp³-hybridized carbons (Fsp3) is 0.526. The minimum Gasteiger partial charge on any atom is -0.329 e. The maximum Gasteiger partial charge on any atom is 0.340 e. The Morgan fingerprint density at radius 3 is 2.08 bits per heavy atom. The van der Waals surface area contributed by atoms with Gasteiger partial charge < -0.3 is 9.74 Å². The Bertz CT molecular complexity index is 683. The van der Waals surface area contributed by atoms with Crippen molar-refractivity contribution in [2.75, 3.05) is 19.6 Å². The van der Waals surface area contributed by atoms with Gasteiger partial charge in [0.05, 0.1) is 16.5 Å². The molecule has 0 aromatic heterocycles. The Hall–Kier alpha value is -2.21. The molecular weight excluding hydrogens is 320 g/mol. The van der Waals surface area contributed by atoms with Crippen molar-refractivity contribution < 1.29 is 19.2 Å². The molecule has 1 aliphatic carbocycles. The van der Waals surface area contributed by atoms with Crippen molar-refractivity contribution in [1.82, 2.24) is 9.96 Å². The van der Waals surface area contributed by atoms with Gasteiger partial charge in [-0.2, -0.15) is 0 Å². The largest absolute Gasteiger partial charge is 0.340 e. The minimum absolute atomic E-state index is 0.292. The van der Waals surface area contributed by atoms with Gasteiger partial charge in [0, 0.05) is 6.54 Å². The van der Waals surface area contributed by atoms with Gasteiger partial charge in [-0.3, -0.25) is 9.59 Å². The number of rotatable bonds is 4. The van der Waals surface area contributed by atoms with Crippen molar-refractivity contribution >= 4 is 17.8 Å². The zero-order valence-electron chi connectivity index (χ0n) is 14.2. The molecule has 3 aliphatic rings. The molecule has 6 heteroatoms. The van der Waals surface area contributed by atoms with Crippen LogP contribution in [-0.2, 0) is 9.63 Å². The number of hydrogen-bond donors (Lipinski definition) is 0. The third-order valence-corrected chi connectivity index (χ3v) is 5.65. The zero-order valence-corrected chi connectivity index (χ0v) is 14.2. The summed E-state index contributed by atoms with van der Waals surface area (Å²) in [5.74, 6) is -1.54. The molecule has 0 N–H and O–H groups in total. The fourth-order valence-corrected chi connectivity index (χ4v) is 4.28. The molecule has 0 spiro atoms. The fourth-order valence-electron chi connectivity index (χ4n) is 4.28. The van der Waals surface area contributed by atoms with Crippen molar-refractivity contribution in [3.8, 4) is 0 Å². The van der Waals surface area contributed by atoms with E-state index in [1.807, 2.05) is 0 Å². The quantitative estimate of drug-likeness (QED) is 0.786. The molecule has 2 amide bonds. The monoisotopic (exact) mass is 342 g/mol. The van der Waals surface area contributed by atoms with Gasteiger partial charge in [0.1, 0.15) is 0 Å². The van der Waals surface area contributed by atoms with Gasteiger partial charge in [0.15, 0.2) is 0 Å². The van der Waals surface area contributed by atoms with E-state index < -0.39 is 23.2 Å². The Morgan fingerprint density at radius 2 is 1.52 bits per heavy atom. The number of imide groups is 1. The molecule has 1 saturated carbocycles. The first kappa shape index (κ1) is 16.3. The van der Waals surface area contributed by atoms with Crippen LogP contribution >= 0.6 is 0 Å². The van der Waals surface area contributed by atoms with Crippen LogP contribution in [0, 0.1) is 5.41 Å². The summed E-state index contributed by atoms with van der Waals surface area (Å²) < 4.78 is 0. The average Bonchev–Trinajstić information content (AvgIpc) is 3.35. The predicted molar refractivity (Wildman–Crippen MR) is 89.6 cm³/mol. The van der Waals surface area contributed by atoms with Crippen LogP contribution < -0.4 is 0 Å². The van der Waals surface area contributed by atoms with Gasteiger partial charge in [0.2, 0.25) is 0 Å². The lowest BCUT2D eigenvalue weighted by molar-refractivity contribution is -0.182. The van der Waals surface area contributed by atoms with E-state index in [-0.39, 0.29) is 0 Å². The first-order valence-electron chi connectivity index (χ1n) is 9.03. The number of carbonyl (C=O) groups excluding carboxylic acids is 3. The number of carbonyl (C=O) groups is 3. The van der Waals surface area contributed by atoms with E-state index in [9.17, 15) is 14.4 Å². The summed E-state index contributed by atoms with van der Waals surface area (Å²) in [4.78, 5) is 45.5. The van der Waals surface area contributed by atoms with Crippen LogP contribution in [0.4, 0.5) is 0 Å². The summed E-state index contributed by atoms with van der Waals surface area (Å²) >= 11 is 0. The van der Waals surface area contributed by atoms with Crippen molar-refractivity contribution in [2.45, 2.75) is 38.5 Å². The topological polar surface area (TPSA) is 66.9 Å². The normalized spacial score (nSPS) is 22.5. The maximum absolute atomic E-state index is 13.0. The number of nitrogens with zero attached hydrogens (tertiary/aromatic N) is 2. The minimum atomic E-state index is -0.598. The van der Waals surface area contributed by atoms with E-state index in [4.69, 9.17) is 4.84 Å². The van der Waals surface area contributed by atoms with Crippen LogP contribution in [0.5, 0.6) is 0 Å². The highest BCUT2D eigenvalue weighted by Crippen LogP contribution is 2.41. The number of benzene rings is 1. The first-order chi connectivity index (χ1) is 12.1. The van der Waals surface area contributed by atoms with E-state index in [1.165, 1.54) is 0 Å². The van der Waals surface area contributed by atoms with Crippen LogP contribution in [0.25, 0.3) is 0 Å². The summed E-state index contributed by atoms with van der Waals surface area (Å²) in [5.41, 5.74) is -0.0136. The first-order valence-corrected chi connectivity index (χ1v) is 9.03. The third kappa shape index (κ3) is 2.74. The summed E-state index contributed by atoms with van der Waals surface area (Å²) in [6.45, 7) is 2.67. The van der Waals surface area contributed by atoms with Crippen LogP contribution in [0.3, 0.4) is 0 Å². The number of likely N-dealkylation sites (tertiary alicyclic amines) is 1. The SMILES string of the molecule is O=C1c2ccccc2C(=O)N1OC(=O)C1(CN2CCCC2)CCCC1. The molecule has 2 aliphatic heterocycles. The molecule has 0 unspecified atom stereocenters. The molecule has 1 aromatic carbocycles. The highest BCUT2D eigenvalue weighted by Gasteiger charge is 2.48. The molecule has 0 atom stereocenters.